The molecule has 324 valence electrons. The van der Waals surface area contributed by atoms with Crippen LogP contribution in [0.25, 0.3) is 6.08 Å². The van der Waals surface area contributed by atoms with E-state index in [0.717, 1.165) is 36.4 Å². The fourth-order valence-electron chi connectivity index (χ4n) is 5.45. The molecule has 0 aromatic heterocycles. The quantitative estimate of drug-likeness (QED) is 0.0276. The summed E-state index contributed by atoms with van der Waals surface area (Å²) in [6.07, 6.45) is 2.21. The number of hydrogen-bond acceptors (Lipinski definition) is 20. The summed E-state index contributed by atoms with van der Waals surface area (Å²) in [6, 6.07) is 12.6. The first kappa shape index (κ1) is 44.9. The molecule has 2 aliphatic carbocycles. The van der Waals surface area contributed by atoms with E-state index in [0.29, 0.717) is 30.4 Å². The van der Waals surface area contributed by atoms with Gasteiger partial charge in [0.2, 0.25) is 11.6 Å². The van der Waals surface area contributed by atoms with E-state index in [4.69, 9.17) is 11.6 Å². The van der Waals surface area contributed by atoms with Crippen LogP contribution in [0.4, 0.5) is 39.8 Å². The van der Waals surface area contributed by atoms with Crippen LogP contribution < -0.4 is 16.2 Å². The molecule has 0 unspecified atom stereocenters. The van der Waals surface area contributed by atoms with Gasteiger partial charge in [-0.15, -0.1) is 10.2 Å². The van der Waals surface area contributed by atoms with Gasteiger partial charge in [-0.25, -0.2) is 0 Å². The molecule has 2 aliphatic rings. The number of aliphatic hydroxyl groups excluding tert-OH is 1. The van der Waals surface area contributed by atoms with Crippen LogP contribution in [-0.4, -0.2) is 76.9 Å². The van der Waals surface area contributed by atoms with Gasteiger partial charge in [-0.1, -0.05) is 11.6 Å². The van der Waals surface area contributed by atoms with Crippen molar-refractivity contribution in [2.45, 2.75) is 9.79 Å². The van der Waals surface area contributed by atoms with Crippen molar-refractivity contribution in [1.29, 1.82) is 0 Å². The number of benzene rings is 4. The molecule has 0 radical (unpaired) electrons. The molecule has 0 heterocycles. The van der Waals surface area contributed by atoms with E-state index in [-0.39, 0.29) is 27.8 Å². The Morgan fingerprint density at radius 3 is 1.87 bits per heavy atom. The van der Waals surface area contributed by atoms with E-state index in [2.05, 4.69) is 36.6 Å². The molecular weight excluding hydrogens is 922 g/mol. The molecule has 63 heavy (non-hydrogen) atoms. The molecule has 4 aromatic rings. The molecule has 7 N–H and O–H groups in total. The highest BCUT2D eigenvalue weighted by molar-refractivity contribution is 7.91. The monoisotopic (exact) mass is 943 g/mol. The first-order chi connectivity index (χ1) is 29.4. The van der Waals surface area contributed by atoms with Crippen molar-refractivity contribution in [2.24, 2.45) is 20.4 Å². The molecule has 0 fully saturated rings. The van der Waals surface area contributed by atoms with E-state index >= 15 is 0 Å². The van der Waals surface area contributed by atoms with Crippen LogP contribution in [0.3, 0.4) is 0 Å². The number of ketones is 2. The van der Waals surface area contributed by atoms with Crippen molar-refractivity contribution in [1.82, 2.24) is 0 Å². The first-order valence-electron chi connectivity index (χ1n) is 16.6. The number of fused-ring (bicyclic) bond motifs is 1. The molecule has 0 saturated carbocycles. The Balaban J connectivity index is 1.31. The molecule has 29 heteroatoms. The Labute approximate surface area is 357 Å². The molecule has 0 aliphatic heterocycles. The van der Waals surface area contributed by atoms with Crippen LogP contribution in [0.2, 0.25) is 5.02 Å². The highest BCUT2D eigenvalue weighted by Crippen LogP contribution is 2.37. The van der Waals surface area contributed by atoms with Crippen LogP contribution in [-0.2, 0) is 35.1 Å². The van der Waals surface area contributed by atoms with Gasteiger partial charge in [0, 0.05) is 42.1 Å². The molecule has 25 nitrogen and oxygen atoms in total. The van der Waals surface area contributed by atoms with Crippen molar-refractivity contribution >= 4 is 111 Å². The molecule has 0 bridgehead atoms. The summed E-state index contributed by atoms with van der Waals surface area (Å²) in [4.78, 5) is 44.4. The zero-order chi connectivity index (χ0) is 46.2. The third kappa shape index (κ3) is 10.1. The number of allylic oxidation sites excluding steroid dienone is 3. The fourth-order valence-corrected chi connectivity index (χ4v) is 7.53. The topological polar surface area (TPSA) is 389 Å². The van der Waals surface area contributed by atoms with Gasteiger partial charge < -0.3 is 10.4 Å². The largest absolute Gasteiger partial charge is 0.505 e. The predicted octanol–water partition coefficient (Wildman–Crippen LogP) is 5.75. The second-order valence-electron chi connectivity index (χ2n) is 12.5. The van der Waals surface area contributed by atoms with Crippen LogP contribution >= 0.6 is 11.6 Å². The number of nitro benzene ring substituents is 2. The maximum absolute atomic E-state index is 13.9. The third-order valence-electron chi connectivity index (χ3n) is 8.36. The molecule has 4 aromatic carbocycles. The minimum absolute atomic E-state index is 0.164. The number of hydrogen-bond donors (Lipinski definition) is 7. The Bertz CT molecular complexity index is 3240. The van der Waals surface area contributed by atoms with Crippen LogP contribution in [0.1, 0.15) is 15.9 Å². The second kappa shape index (κ2) is 17.0. The van der Waals surface area contributed by atoms with E-state index < -0.39 is 118 Å². The van der Waals surface area contributed by atoms with Crippen molar-refractivity contribution < 1.29 is 63.5 Å². The fraction of sp³-hybridized carbons (Fsp3) is 0. The van der Waals surface area contributed by atoms with Crippen molar-refractivity contribution in [3.63, 3.8) is 0 Å². The molecule has 0 atom stereocenters. The number of rotatable bonds is 13. The van der Waals surface area contributed by atoms with Gasteiger partial charge in [-0.3, -0.25) is 54.3 Å². The third-order valence-corrected chi connectivity index (χ3v) is 11.3. The zero-order valence-corrected chi connectivity index (χ0v) is 33.8. The maximum atomic E-state index is 13.9. The second-order valence-corrected chi connectivity index (χ2v) is 17.1. The predicted molar refractivity (Wildman–Crippen MR) is 221 cm³/mol. The van der Waals surface area contributed by atoms with Crippen molar-refractivity contribution in [2.75, 3.05) is 16.2 Å². The number of nitrogens with zero attached hydrogens (tertiary/aromatic N) is 6. The lowest BCUT2D eigenvalue weighted by Crippen LogP contribution is -2.27. The summed E-state index contributed by atoms with van der Waals surface area (Å²) in [5.74, 6) is -2.98. The van der Waals surface area contributed by atoms with Crippen LogP contribution in [0.5, 0.6) is 0 Å². The Morgan fingerprint density at radius 1 is 0.667 bits per heavy atom. The van der Waals surface area contributed by atoms with E-state index in [9.17, 15) is 73.8 Å². The summed E-state index contributed by atoms with van der Waals surface area (Å²) < 4.78 is 102. The lowest BCUT2D eigenvalue weighted by atomic mass is 9.93. The average molecular weight is 944 g/mol. The Kier molecular flexibility index (Phi) is 12.2. The molecule has 0 saturated heterocycles. The number of azo groups is 1. The number of hydrazone groups is 2. The normalized spacial score (nSPS) is 15.7. The SMILES string of the molecule is O=C1C=C(O)C(N=Nc2cc(S(=O)(=O)O)cc3c2C(=O)/C(=N\Nc2ccc([N+](=O)[O-])cc2Cl)C(S(=O)(=O)O)=C3)=C/C1=N/Nc1ccc(Nc2ccc([N+](=O)[O-])cc2S(=O)(=O)O)cc1. The van der Waals surface area contributed by atoms with Crippen LogP contribution in [0, 0.1) is 20.2 Å². The number of halogens is 1. The summed E-state index contributed by atoms with van der Waals surface area (Å²) in [6.45, 7) is 0. The molecule has 0 spiro atoms. The number of carbonyl (C=O) groups excluding carboxylic acids is 2. The van der Waals surface area contributed by atoms with E-state index in [1.807, 2.05) is 0 Å². The number of nitro groups is 2. The molecule has 6 rings (SSSR count). The van der Waals surface area contributed by atoms with Gasteiger partial charge in [0.05, 0.1) is 48.1 Å². The average Bonchev–Trinajstić information content (AvgIpc) is 3.19. The molecule has 0 amide bonds. The van der Waals surface area contributed by atoms with Gasteiger partial charge >= 0.3 is 0 Å². The highest BCUT2D eigenvalue weighted by Gasteiger charge is 2.36. The van der Waals surface area contributed by atoms with Gasteiger partial charge in [0.15, 0.2) is 5.71 Å². The number of nitrogens with one attached hydrogen (secondary N) is 3. The van der Waals surface area contributed by atoms with Crippen molar-refractivity contribution in [3.05, 3.63) is 138 Å². The van der Waals surface area contributed by atoms with Gasteiger partial charge in [0.25, 0.3) is 41.7 Å². The number of anilines is 4. The number of non-ortho nitro benzene ring substituents is 2. The summed E-state index contributed by atoms with van der Waals surface area (Å²) in [5, 5.41) is 50.5. The summed E-state index contributed by atoms with van der Waals surface area (Å²) >= 11 is 6.06. The summed E-state index contributed by atoms with van der Waals surface area (Å²) in [5.41, 5.74) is 0.189. The number of aliphatic hydroxyl groups is 1. The number of carbonyl (C=O) groups is 2. The highest BCUT2D eigenvalue weighted by atomic mass is 35.5. The number of Topliss-reactive ketones (excluding diaryl/α,β-unsaturated/α-hetero) is 1. The minimum atomic E-state index is -5.31. The minimum Gasteiger partial charge on any atom is -0.505 e. The zero-order valence-electron chi connectivity index (χ0n) is 30.6. The maximum Gasteiger partial charge on any atom is 0.296 e. The Morgan fingerprint density at radius 2 is 1.29 bits per heavy atom. The summed E-state index contributed by atoms with van der Waals surface area (Å²) in [7, 11) is -15.3. The molecular formula is C34H22ClN9O16S3. The van der Waals surface area contributed by atoms with Gasteiger partial charge in [0.1, 0.15) is 27.0 Å². The lowest BCUT2D eigenvalue weighted by Gasteiger charge is -2.18. The van der Waals surface area contributed by atoms with E-state index in [1.165, 1.54) is 24.3 Å². The van der Waals surface area contributed by atoms with Gasteiger partial charge in [-0.05, 0) is 60.2 Å². The Hall–Kier alpha value is -7.60. The smallest absolute Gasteiger partial charge is 0.296 e. The van der Waals surface area contributed by atoms with E-state index in [1.54, 1.807) is 0 Å². The van der Waals surface area contributed by atoms with Crippen molar-refractivity contribution in [3.8, 4) is 0 Å². The first-order valence-corrected chi connectivity index (χ1v) is 21.3. The van der Waals surface area contributed by atoms with Gasteiger partial charge in [-0.2, -0.15) is 35.5 Å². The standard InChI is InChI=1S/C34H22ClN9O16S3/c35-22-11-19(43(48)49)5-7-23(22)38-42-33-31(63(58,59)60)10-16-9-21(61(52,53)54)13-27(32(16)34(33)47)41-40-26-14-25(28(45)15-29(26)46)39-37-18-3-1-17(2-4-18)36-24-8-6-20(44(50)51)12-30(24)62(55,56)57/h1-15,36-38,46H,(H,52,53,54)(H,55,56,57)(H,58,59,60)/b39-25-,41-40?,42-33-. The lowest BCUT2D eigenvalue weighted by molar-refractivity contribution is -0.385. The van der Waals surface area contributed by atoms with Crippen LogP contribution in [0.15, 0.2) is 132 Å².